The number of ether oxygens (including phenoxy) is 1. The van der Waals surface area contributed by atoms with E-state index in [-0.39, 0.29) is 0 Å². The molecule has 2 heterocycles. The summed E-state index contributed by atoms with van der Waals surface area (Å²) >= 11 is 6.19. The summed E-state index contributed by atoms with van der Waals surface area (Å²) in [7, 11) is 1.84. The average Bonchev–Trinajstić information content (AvgIpc) is 3.20. The van der Waals surface area contributed by atoms with Gasteiger partial charge in [-0.15, -0.1) is 0 Å². The van der Waals surface area contributed by atoms with Crippen molar-refractivity contribution in [2.45, 2.75) is 25.0 Å². The van der Waals surface area contributed by atoms with Gasteiger partial charge in [-0.05, 0) is 46.6 Å². The Morgan fingerprint density at radius 2 is 1.89 bits per heavy atom. The van der Waals surface area contributed by atoms with Crippen molar-refractivity contribution < 1.29 is 14.6 Å². The fourth-order valence-electron chi connectivity index (χ4n) is 6.25. The maximum atomic E-state index is 13.1. The van der Waals surface area contributed by atoms with Crippen LogP contribution in [0.1, 0.15) is 16.7 Å². The van der Waals surface area contributed by atoms with Gasteiger partial charge in [0.2, 0.25) is 5.88 Å². The van der Waals surface area contributed by atoms with Crippen LogP contribution in [-0.2, 0) is 26.4 Å². The van der Waals surface area contributed by atoms with Gasteiger partial charge in [-0.2, -0.15) is 0 Å². The number of amides is 1. The molecule has 7 nitrogen and oxygen atoms in total. The standard InChI is InChI=1S/C28H31ClN4O3/c1-31-16-26(30-18-31)36-27(34)33(12-19-5-4-8-22(29)9-19)15-25-23-13-32(14-24(23)25)17-28(35)10-20-6-2-3-7-21(20)11-28/h2-9,16,18,23-25,35H,10-15,17H2,1H3. The number of hydrogen-bond acceptors (Lipinski definition) is 5. The molecule has 188 valence electrons. The fourth-order valence-corrected chi connectivity index (χ4v) is 6.46. The van der Waals surface area contributed by atoms with Gasteiger partial charge in [0.15, 0.2) is 0 Å². The Hall–Kier alpha value is -2.87. The number of carbonyl (C=O) groups excluding carboxylic acids is 1. The molecule has 1 N–H and O–H groups in total. The van der Waals surface area contributed by atoms with Crippen LogP contribution in [-0.4, -0.2) is 62.3 Å². The summed E-state index contributed by atoms with van der Waals surface area (Å²) in [5.41, 5.74) is 2.83. The van der Waals surface area contributed by atoms with Gasteiger partial charge in [-0.1, -0.05) is 48.0 Å². The molecule has 3 aliphatic rings. The number of fused-ring (bicyclic) bond motifs is 2. The van der Waals surface area contributed by atoms with Crippen LogP contribution in [0.25, 0.3) is 0 Å². The molecule has 0 radical (unpaired) electrons. The summed E-state index contributed by atoms with van der Waals surface area (Å²) < 4.78 is 7.33. The molecule has 1 aromatic heterocycles. The van der Waals surface area contributed by atoms with Crippen molar-refractivity contribution in [1.82, 2.24) is 19.4 Å². The predicted molar refractivity (Wildman–Crippen MR) is 137 cm³/mol. The molecule has 1 saturated carbocycles. The van der Waals surface area contributed by atoms with Crippen LogP contribution in [0.15, 0.2) is 61.1 Å². The monoisotopic (exact) mass is 506 g/mol. The largest absolute Gasteiger partial charge is 0.416 e. The molecule has 36 heavy (non-hydrogen) atoms. The van der Waals surface area contributed by atoms with E-state index < -0.39 is 11.7 Å². The molecule has 0 spiro atoms. The Kier molecular flexibility index (Phi) is 6.02. The number of nitrogens with zero attached hydrogens (tertiary/aromatic N) is 4. The Labute approximate surface area is 216 Å². The number of aromatic nitrogens is 2. The maximum Gasteiger partial charge on any atom is 0.416 e. The lowest BCUT2D eigenvalue weighted by Crippen LogP contribution is -2.44. The summed E-state index contributed by atoms with van der Waals surface area (Å²) in [5, 5.41) is 11.9. The van der Waals surface area contributed by atoms with Gasteiger partial charge in [0, 0.05) is 57.6 Å². The molecule has 2 unspecified atom stereocenters. The molecule has 2 aliphatic carbocycles. The molecule has 2 aromatic carbocycles. The number of β-amino-alcohol motifs (C(OH)–C–C–N with tert-alkyl or cyclic N) is 1. The topological polar surface area (TPSA) is 70.8 Å². The van der Waals surface area contributed by atoms with E-state index in [1.165, 1.54) is 11.1 Å². The lowest BCUT2D eigenvalue weighted by molar-refractivity contribution is 0.0143. The van der Waals surface area contributed by atoms with E-state index in [1.54, 1.807) is 22.0 Å². The van der Waals surface area contributed by atoms with Crippen LogP contribution >= 0.6 is 11.6 Å². The summed E-state index contributed by atoms with van der Waals surface area (Å²) in [6, 6.07) is 15.9. The number of piperidine rings is 1. The summed E-state index contributed by atoms with van der Waals surface area (Å²) in [4.78, 5) is 21.4. The Morgan fingerprint density at radius 3 is 2.53 bits per heavy atom. The smallest absolute Gasteiger partial charge is 0.389 e. The van der Waals surface area contributed by atoms with Gasteiger partial charge >= 0.3 is 6.09 Å². The van der Waals surface area contributed by atoms with Gasteiger partial charge in [0.1, 0.15) is 0 Å². The Bertz CT molecular complexity index is 1240. The third-order valence-electron chi connectivity index (χ3n) is 7.95. The number of halogens is 1. The number of imidazole rings is 1. The third kappa shape index (κ3) is 4.88. The minimum Gasteiger partial charge on any atom is -0.389 e. The number of benzene rings is 2. The minimum atomic E-state index is -0.679. The van der Waals surface area contributed by atoms with Gasteiger partial charge in [0.25, 0.3) is 0 Å². The number of aryl methyl sites for hydroxylation is 1. The second kappa shape index (κ2) is 9.21. The van der Waals surface area contributed by atoms with Gasteiger partial charge in [-0.25, -0.2) is 9.78 Å². The first-order chi connectivity index (χ1) is 17.3. The highest BCUT2D eigenvalue weighted by Crippen LogP contribution is 2.52. The summed E-state index contributed by atoms with van der Waals surface area (Å²) in [6.07, 6.45) is 4.36. The average molecular weight is 507 g/mol. The molecule has 6 rings (SSSR count). The van der Waals surface area contributed by atoms with Crippen molar-refractivity contribution in [2.24, 2.45) is 24.8 Å². The summed E-state index contributed by atoms with van der Waals surface area (Å²) in [6.45, 7) is 3.71. The van der Waals surface area contributed by atoms with Crippen LogP contribution in [0.4, 0.5) is 4.79 Å². The Balaban J connectivity index is 1.08. The molecule has 2 fully saturated rings. The quantitative estimate of drug-likeness (QED) is 0.528. The van der Waals surface area contributed by atoms with E-state index in [1.807, 2.05) is 43.4 Å². The second-order valence-electron chi connectivity index (χ2n) is 10.8. The van der Waals surface area contributed by atoms with Crippen molar-refractivity contribution in [2.75, 3.05) is 26.2 Å². The predicted octanol–water partition coefficient (Wildman–Crippen LogP) is 3.78. The normalized spacial score (nSPS) is 23.8. The lowest BCUT2D eigenvalue weighted by Gasteiger charge is -2.30. The van der Waals surface area contributed by atoms with Crippen molar-refractivity contribution >= 4 is 17.7 Å². The van der Waals surface area contributed by atoms with E-state index >= 15 is 0 Å². The second-order valence-corrected chi connectivity index (χ2v) is 11.2. The highest BCUT2D eigenvalue weighted by molar-refractivity contribution is 6.30. The van der Waals surface area contributed by atoms with Crippen LogP contribution in [0.2, 0.25) is 5.02 Å². The van der Waals surface area contributed by atoms with Crippen molar-refractivity contribution in [3.63, 3.8) is 0 Å². The van der Waals surface area contributed by atoms with Crippen LogP contribution in [0.5, 0.6) is 5.88 Å². The SMILES string of the molecule is Cn1cnc(OC(=O)N(Cc2cccc(Cl)c2)CC2C3CN(CC4(O)Cc5ccccc5C4)CC32)c1. The minimum absolute atomic E-state index is 0.298. The van der Waals surface area contributed by atoms with Crippen molar-refractivity contribution in [3.8, 4) is 5.88 Å². The van der Waals surface area contributed by atoms with Crippen LogP contribution < -0.4 is 4.74 Å². The van der Waals surface area contributed by atoms with Gasteiger partial charge in [0.05, 0.1) is 18.1 Å². The highest BCUT2D eigenvalue weighted by atomic mass is 35.5. The van der Waals surface area contributed by atoms with Gasteiger partial charge < -0.3 is 19.3 Å². The molecule has 1 aliphatic heterocycles. The third-order valence-corrected chi connectivity index (χ3v) is 8.18. The van der Waals surface area contributed by atoms with E-state index in [2.05, 4.69) is 22.0 Å². The Morgan fingerprint density at radius 1 is 1.17 bits per heavy atom. The molecule has 0 bridgehead atoms. The van der Waals surface area contributed by atoms with Gasteiger partial charge in [-0.3, -0.25) is 4.90 Å². The molecule has 2 atom stereocenters. The molecular formula is C28H31ClN4O3. The number of likely N-dealkylation sites (tertiary alicyclic amines) is 1. The van der Waals surface area contributed by atoms with E-state index in [0.717, 1.165) is 31.5 Å². The fraction of sp³-hybridized carbons (Fsp3) is 0.429. The maximum absolute atomic E-state index is 13.1. The van der Waals surface area contributed by atoms with Crippen molar-refractivity contribution in [1.29, 1.82) is 0 Å². The van der Waals surface area contributed by atoms with E-state index in [4.69, 9.17) is 16.3 Å². The first-order valence-electron chi connectivity index (χ1n) is 12.6. The number of aliphatic hydroxyl groups is 1. The number of carbonyl (C=O) groups is 1. The van der Waals surface area contributed by atoms with Crippen molar-refractivity contribution in [3.05, 3.63) is 82.8 Å². The molecule has 8 heteroatoms. The first-order valence-corrected chi connectivity index (χ1v) is 12.9. The molecule has 1 amide bonds. The van der Waals surface area contributed by atoms with E-state index in [9.17, 15) is 9.90 Å². The molecule has 1 saturated heterocycles. The summed E-state index contributed by atoms with van der Waals surface area (Å²) in [5.74, 6) is 1.82. The van der Waals surface area contributed by atoms with Crippen LogP contribution in [0, 0.1) is 17.8 Å². The zero-order chi connectivity index (χ0) is 24.9. The zero-order valence-corrected chi connectivity index (χ0v) is 21.1. The lowest BCUT2D eigenvalue weighted by atomic mass is 9.99. The molecule has 3 aromatic rings. The molecular weight excluding hydrogens is 476 g/mol. The number of hydrogen-bond donors (Lipinski definition) is 1. The number of rotatable bonds is 7. The zero-order valence-electron chi connectivity index (χ0n) is 20.4. The van der Waals surface area contributed by atoms with E-state index in [0.29, 0.717) is 48.3 Å². The highest BCUT2D eigenvalue weighted by Gasteiger charge is 2.57. The first kappa shape index (κ1) is 23.5. The van der Waals surface area contributed by atoms with Crippen LogP contribution in [0.3, 0.4) is 0 Å².